The number of piperazine rings is 1. The first-order chi connectivity index (χ1) is 16.9. The summed E-state index contributed by atoms with van der Waals surface area (Å²) in [5.41, 5.74) is 0.850. The molecular weight excluding hydrogens is 468 g/mol. The van der Waals surface area contributed by atoms with E-state index >= 15 is 0 Å². The average Bonchev–Trinajstić information content (AvgIpc) is 3.48. The first kappa shape index (κ1) is 23.3. The van der Waals surface area contributed by atoms with Crippen LogP contribution < -0.4 is 16.1 Å². The van der Waals surface area contributed by atoms with Crippen molar-refractivity contribution < 1.29 is 0 Å². The third-order valence-corrected chi connectivity index (χ3v) is 7.45. The second kappa shape index (κ2) is 9.66. The van der Waals surface area contributed by atoms with Crippen molar-refractivity contribution in [3.8, 4) is 5.69 Å². The van der Waals surface area contributed by atoms with Crippen LogP contribution in [0.4, 0.5) is 5.95 Å². The molecule has 4 aromatic rings. The van der Waals surface area contributed by atoms with Gasteiger partial charge < -0.3 is 14.4 Å². The van der Waals surface area contributed by atoms with Crippen LogP contribution in [0.5, 0.6) is 0 Å². The second-order valence-corrected chi connectivity index (χ2v) is 9.92. The Morgan fingerprint density at radius 1 is 1.09 bits per heavy atom. The minimum atomic E-state index is -0.464. The van der Waals surface area contributed by atoms with Crippen LogP contribution in [0.3, 0.4) is 0 Å². The minimum absolute atomic E-state index is 0.168. The number of thioether (sulfide) groups is 1. The molecule has 12 nitrogen and oxygen atoms in total. The normalized spacial score (nSPS) is 15.7. The molecule has 0 spiro atoms. The van der Waals surface area contributed by atoms with Crippen molar-refractivity contribution in [1.29, 1.82) is 0 Å². The van der Waals surface area contributed by atoms with E-state index in [2.05, 4.69) is 44.3 Å². The number of rotatable bonds is 7. The van der Waals surface area contributed by atoms with Crippen LogP contribution in [0.1, 0.15) is 6.92 Å². The van der Waals surface area contributed by atoms with Crippen molar-refractivity contribution in [2.45, 2.75) is 18.6 Å². The Bertz CT molecular complexity index is 1430. The Hall–Kier alpha value is -3.45. The minimum Gasteiger partial charge on any atom is -0.340 e. The maximum atomic E-state index is 12.9. The number of para-hydroxylation sites is 1. The van der Waals surface area contributed by atoms with Crippen molar-refractivity contribution in [3.63, 3.8) is 0 Å². The van der Waals surface area contributed by atoms with Crippen LogP contribution in [0.25, 0.3) is 16.9 Å². The van der Waals surface area contributed by atoms with Gasteiger partial charge in [-0.15, -0.1) is 5.10 Å². The molecule has 0 saturated carbocycles. The molecule has 13 heteroatoms. The van der Waals surface area contributed by atoms with Gasteiger partial charge in [-0.3, -0.25) is 14.3 Å². The fourth-order valence-electron chi connectivity index (χ4n) is 4.23. The quantitative estimate of drug-likeness (QED) is 0.366. The molecule has 1 aliphatic heterocycles. The molecule has 184 valence electrons. The number of nitrogens with zero attached hydrogens (tertiary/aromatic N) is 9. The third-order valence-electron chi connectivity index (χ3n) is 6.21. The van der Waals surface area contributed by atoms with Gasteiger partial charge in [0, 0.05) is 45.5 Å². The Morgan fingerprint density at radius 2 is 1.83 bits per heavy atom. The van der Waals surface area contributed by atoms with E-state index in [1.54, 1.807) is 23.5 Å². The van der Waals surface area contributed by atoms with Gasteiger partial charge in [-0.05, 0) is 35.5 Å². The Balaban J connectivity index is 1.42. The third kappa shape index (κ3) is 4.60. The lowest BCUT2D eigenvalue weighted by Crippen LogP contribution is -2.45. The number of hydrogen-bond acceptors (Lipinski definition) is 9. The summed E-state index contributed by atoms with van der Waals surface area (Å²) >= 11 is 1.57. The molecule has 1 aromatic carbocycles. The van der Waals surface area contributed by atoms with E-state index in [1.807, 2.05) is 34.9 Å². The fraction of sp³-hybridized carbons (Fsp3) is 0.455. The number of imidazole rings is 1. The van der Waals surface area contributed by atoms with Gasteiger partial charge in [-0.1, -0.05) is 36.9 Å². The number of aromatic amines is 1. The summed E-state index contributed by atoms with van der Waals surface area (Å²) in [6, 6.07) is 9.76. The van der Waals surface area contributed by atoms with E-state index in [0.717, 1.165) is 43.6 Å². The lowest BCUT2D eigenvalue weighted by atomic mass is 10.2. The first-order valence-corrected chi connectivity index (χ1v) is 12.5. The van der Waals surface area contributed by atoms with Crippen LogP contribution in [0, 0.1) is 5.92 Å². The summed E-state index contributed by atoms with van der Waals surface area (Å²) < 4.78 is 5.09. The number of fused-ring (bicyclic) bond motifs is 1. The highest BCUT2D eigenvalue weighted by Gasteiger charge is 2.25. The van der Waals surface area contributed by atoms with Crippen molar-refractivity contribution in [1.82, 2.24) is 44.2 Å². The molecule has 1 fully saturated rings. The average molecular weight is 497 g/mol. The standard InChI is InChI=1S/C22H28N10O2S/c1-15(14-35-22-25-26-27-32(22)16-7-5-4-6-8-16)13-31-17-18(29(3)21(34)24-19(17)33)23-20(31)30-11-9-28(2)10-12-30/h4-8,15H,9-14H2,1-3H3,(H,24,33,34)/t15-/m1/s1. The summed E-state index contributed by atoms with van der Waals surface area (Å²) in [6.07, 6.45) is 0. The Kier molecular flexibility index (Phi) is 6.43. The molecule has 3 aromatic heterocycles. The van der Waals surface area contributed by atoms with E-state index in [9.17, 15) is 9.59 Å². The molecule has 5 rings (SSSR count). The highest BCUT2D eigenvalue weighted by Crippen LogP contribution is 2.25. The number of H-pyrrole nitrogens is 1. The van der Waals surface area contributed by atoms with Gasteiger partial charge in [-0.25, -0.2) is 4.79 Å². The summed E-state index contributed by atoms with van der Waals surface area (Å²) in [4.78, 5) is 36.7. The number of tetrazole rings is 1. The molecule has 1 N–H and O–H groups in total. The van der Waals surface area contributed by atoms with Crippen LogP contribution in [-0.2, 0) is 13.6 Å². The predicted octanol–water partition coefficient (Wildman–Crippen LogP) is 0.579. The smallest absolute Gasteiger partial charge is 0.329 e. The highest BCUT2D eigenvalue weighted by molar-refractivity contribution is 7.99. The van der Waals surface area contributed by atoms with Crippen molar-refractivity contribution in [3.05, 3.63) is 51.2 Å². The molecule has 1 atom stereocenters. The lowest BCUT2D eigenvalue weighted by molar-refractivity contribution is 0.309. The largest absolute Gasteiger partial charge is 0.340 e. The fourth-order valence-corrected chi connectivity index (χ4v) is 5.12. The van der Waals surface area contributed by atoms with Crippen molar-refractivity contribution >= 4 is 28.9 Å². The van der Waals surface area contributed by atoms with Crippen LogP contribution in [0.15, 0.2) is 45.1 Å². The van der Waals surface area contributed by atoms with Gasteiger partial charge in [0.1, 0.15) is 0 Å². The van der Waals surface area contributed by atoms with E-state index < -0.39 is 11.2 Å². The summed E-state index contributed by atoms with van der Waals surface area (Å²) in [6.45, 7) is 6.12. The van der Waals surface area contributed by atoms with Gasteiger partial charge in [-0.2, -0.15) is 9.67 Å². The van der Waals surface area contributed by atoms with E-state index in [4.69, 9.17) is 4.98 Å². The molecule has 0 bridgehead atoms. The number of aryl methyl sites for hydroxylation is 1. The highest BCUT2D eigenvalue weighted by atomic mass is 32.2. The lowest BCUT2D eigenvalue weighted by Gasteiger charge is -2.33. The number of anilines is 1. The number of likely N-dealkylation sites (N-methyl/N-ethyl adjacent to an activating group) is 1. The number of hydrogen-bond donors (Lipinski definition) is 1. The second-order valence-electron chi connectivity index (χ2n) is 8.93. The molecule has 1 saturated heterocycles. The molecule has 0 amide bonds. The molecule has 0 radical (unpaired) electrons. The van der Waals surface area contributed by atoms with E-state index in [-0.39, 0.29) is 5.92 Å². The molecule has 35 heavy (non-hydrogen) atoms. The van der Waals surface area contributed by atoms with E-state index in [0.29, 0.717) is 22.9 Å². The van der Waals surface area contributed by atoms with Crippen LogP contribution in [0.2, 0.25) is 0 Å². The molecule has 1 aliphatic rings. The predicted molar refractivity (Wildman–Crippen MR) is 134 cm³/mol. The topological polar surface area (TPSA) is 123 Å². The SMILES string of the molecule is C[C@@H](CSc1nnnn1-c1ccccc1)Cn1c(N2CCN(C)CC2)nc2c1c(=O)[nH]c(=O)n2C. The van der Waals surface area contributed by atoms with Crippen molar-refractivity contribution in [2.75, 3.05) is 43.9 Å². The molecule has 0 unspecified atom stereocenters. The molecule has 4 heterocycles. The zero-order chi connectivity index (χ0) is 24.5. The van der Waals surface area contributed by atoms with Gasteiger partial charge in [0.2, 0.25) is 11.1 Å². The maximum Gasteiger partial charge on any atom is 0.329 e. The zero-order valence-corrected chi connectivity index (χ0v) is 20.8. The number of aromatic nitrogens is 8. The Labute approximate surface area is 205 Å². The number of nitrogens with one attached hydrogen (secondary N) is 1. The van der Waals surface area contributed by atoms with Gasteiger partial charge in [0.15, 0.2) is 11.2 Å². The monoisotopic (exact) mass is 496 g/mol. The Morgan fingerprint density at radius 3 is 2.57 bits per heavy atom. The summed E-state index contributed by atoms with van der Waals surface area (Å²) in [5.74, 6) is 1.63. The van der Waals surface area contributed by atoms with Crippen LogP contribution >= 0.6 is 11.8 Å². The first-order valence-electron chi connectivity index (χ1n) is 11.5. The van der Waals surface area contributed by atoms with Gasteiger partial charge >= 0.3 is 5.69 Å². The maximum absolute atomic E-state index is 12.9. The summed E-state index contributed by atoms with van der Waals surface area (Å²) in [7, 11) is 3.73. The summed E-state index contributed by atoms with van der Waals surface area (Å²) in [5, 5.41) is 12.9. The van der Waals surface area contributed by atoms with E-state index in [1.165, 1.54) is 4.57 Å². The molecule has 0 aliphatic carbocycles. The number of benzene rings is 1. The zero-order valence-electron chi connectivity index (χ0n) is 20.0. The molecular formula is C22H28N10O2S. The van der Waals surface area contributed by atoms with Crippen LogP contribution in [-0.4, -0.2) is 83.2 Å². The van der Waals surface area contributed by atoms with Crippen molar-refractivity contribution in [2.24, 2.45) is 13.0 Å². The van der Waals surface area contributed by atoms with Gasteiger partial charge in [0.25, 0.3) is 5.56 Å². The van der Waals surface area contributed by atoms with Gasteiger partial charge in [0.05, 0.1) is 5.69 Å².